The Hall–Kier alpha value is -0.240. The molecule has 18 heavy (non-hydrogen) atoms. The number of rotatable bonds is 7. The van der Waals surface area contributed by atoms with Crippen LogP contribution in [0, 0.1) is 11.8 Å². The predicted octanol–water partition coefficient (Wildman–Crippen LogP) is 4.81. The van der Waals surface area contributed by atoms with Gasteiger partial charge in [-0.15, -0.1) is 0 Å². The maximum atomic E-state index is 6.22. The van der Waals surface area contributed by atoms with Gasteiger partial charge in [-0.25, -0.2) is 0 Å². The molecule has 3 heteroatoms. The average Bonchev–Trinajstić information content (AvgIpc) is 2.35. The molecule has 1 aromatic carbocycles. The lowest BCUT2D eigenvalue weighted by atomic mass is 9.89. The lowest BCUT2D eigenvalue weighted by molar-refractivity contribution is 0.365. The second kappa shape index (κ2) is 8.04. The van der Waals surface area contributed by atoms with Crippen molar-refractivity contribution in [3.8, 4) is 0 Å². The highest BCUT2D eigenvalue weighted by atomic mass is 35.5. The van der Waals surface area contributed by atoms with Crippen LogP contribution in [-0.4, -0.2) is 13.1 Å². The van der Waals surface area contributed by atoms with Crippen LogP contribution in [0.25, 0.3) is 0 Å². The normalized spacial score (nSPS) is 14.5. The molecule has 0 aliphatic heterocycles. The summed E-state index contributed by atoms with van der Waals surface area (Å²) in [6, 6.07) is 5.87. The van der Waals surface area contributed by atoms with Gasteiger partial charge in [0.1, 0.15) is 0 Å². The van der Waals surface area contributed by atoms with E-state index in [2.05, 4.69) is 32.2 Å². The Morgan fingerprint density at radius 2 is 1.89 bits per heavy atom. The highest BCUT2D eigenvalue weighted by Crippen LogP contribution is 2.28. The largest absolute Gasteiger partial charge is 0.316 e. The topological polar surface area (TPSA) is 12.0 Å². The smallest absolute Gasteiger partial charge is 0.0624 e. The molecule has 0 fully saturated rings. The second-order valence-corrected chi connectivity index (χ2v) is 5.86. The Labute approximate surface area is 121 Å². The highest BCUT2D eigenvalue weighted by molar-refractivity contribution is 6.42. The van der Waals surface area contributed by atoms with Crippen molar-refractivity contribution in [2.45, 2.75) is 33.6 Å². The molecule has 0 spiro atoms. The number of nitrogens with one attached hydrogen (secondary N) is 1. The Bertz CT molecular complexity index is 366. The molecule has 0 bridgehead atoms. The van der Waals surface area contributed by atoms with Crippen LogP contribution in [0.1, 0.15) is 32.8 Å². The van der Waals surface area contributed by atoms with Crippen LogP contribution >= 0.6 is 23.2 Å². The Balaban J connectivity index is 2.53. The van der Waals surface area contributed by atoms with Crippen LogP contribution in [0.15, 0.2) is 18.2 Å². The Morgan fingerprint density at radius 3 is 2.56 bits per heavy atom. The summed E-state index contributed by atoms with van der Waals surface area (Å²) < 4.78 is 0. The van der Waals surface area contributed by atoms with E-state index in [1.54, 1.807) is 0 Å². The van der Waals surface area contributed by atoms with Gasteiger partial charge in [0.15, 0.2) is 0 Å². The lowest BCUT2D eigenvalue weighted by Crippen LogP contribution is -2.26. The number of hydrogen-bond acceptors (Lipinski definition) is 1. The van der Waals surface area contributed by atoms with Crippen LogP contribution in [0.2, 0.25) is 10.0 Å². The molecule has 0 heterocycles. The standard InChI is InChI=1S/C15H23Cl2N/c1-4-8-18-10-12(3)11(2)9-13-6-5-7-14(16)15(13)17/h5-7,11-12,18H,4,8-10H2,1-3H3. The minimum Gasteiger partial charge on any atom is -0.316 e. The van der Waals surface area contributed by atoms with Gasteiger partial charge in [0.05, 0.1) is 10.0 Å². The third-order valence-electron chi connectivity index (χ3n) is 3.44. The van der Waals surface area contributed by atoms with Gasteiger partial charge < -0.3 is 5.32 Å². The summed E-state index contributed by atoms with van der Waals surface area (Å²) in [5.74, 6) is 1.22. The van der Waals surface area contributed by atoms with E-state index in [1.807, 2.05) is 12.1 Å². The maximum Gasteiger partial charge on any atom is 0.0624 e. The summed E-state index contributed by atoms with van der Waals surface area (Å²) in [7, 11) is 0. The zero-order chi connectivity index (χ0) is 13.5. The molecule has 0 aromatic heterocycles. The lowest BCUT2D eigenvalue weighted by Gasteiger charge is -2.21. The zero-order valence-electron chi connectivity index (χ0n) is 11.5. The third kappa shape index (κ3) is 4.79. The third-order valence-corrected chi connectivity index (χ3v) is 4.30. The highest BCUT2D eigenvalue weighted by Gasteiger charge is 2.14. The van der Waals surface area contributed by atoms with Gasteiger partial charge in [0, 0.05) is 0 Å². The molecular weight excluding hydrogens is 265 g/mol. The molecule has 1 nitrogen and oxygen atoms in total. The van der Waals surface area contributed by atoms with E-state index in [1.165, 1.54) is 6.42 Å². The molecule has 0 aliphatic rings. The maximum absolute atomic E-state index is 6.22. The van der Waals surface area contributed by atoms with E-state index < -0.39 is 0 Å². The Kier molecular flexibility index (Phi) is 7.06. The van der Waals surface area contributed by atoms with E-state index in [4.69, 9.17) is 23.2 Å². The van der Waals surface area contributed by atoms with Gasteiger partial charge >= 0.3 is 0 Å². The first-order valence-corrected chi connectivity index (χ1v) is 7.45. The zero-order valence-corrected chi connectivity index (χ0v) is 13.0. The molecule has 0 amide bonds. The molecule has 1 aromatic rings. The first kappa shape index (κ1) is 15.8. The van der Waals surface area contributed by atoms with Crippen molar-refractivity contribution in [1.29, 1.82) is 0 Å². The van der Waals surface area contributed by atoms with E-state index in [0.29, 0.717) is 21.9 Å². The minimum atomic E-state index is 0.588. The van der Waals surface area contributed by atoms with Crippen molar-refractivity contribution < 1.29 is 0 Å². The fraction of sp³-hybridized carbons (Fsp3) is 0.600. The van der Waals surface area contributed by atoms with Crippen molar-refractivity contribution in [1.82, 2.24) is 5.32 Å². The monoisotopic (exact) mass is 287 g/mol. The fourth-order valence-corrected chi connectivity index (χ4v) is 2.36. The van der Waals surface area contributed by atoms with Gasteiger partial charge in [-0.05, 0) is 49.4 Å². The van der Waals surface area contributed by atoms with Crippen molar-refractivity contribution in [2.75, 3.05) is 13.1 Å². The van der Waals surface area contributed by atoms with E-state index in [0.717, 1.165) is 25.1 Å². The van der Waals surface area contributed by atoms with Crippen molar-refractivity contribution in [3.05, 3.63) is 33.8 Å². The summed E-state index contributed by atoms with van der Waals surface area (Å²) in [6.07, 6.45) is 2.16. The van der Waals surface area contributed by atoms with Gasteiger partial charge in [-0.2, -0.15) is 0 Å². The average molecular weight is 288 g/mol. The van der Waals surface area contributed by atoms with Crippen molar-refractivity contribution >= 4 is 23.2 Å². The number of benzene rings is 1. The van der Waals surface area contributed by atoms with Gasteiger partial charge in [-0.3, -0.25) is 0 Å². The van der Waals surface area contributed by atoms with Gasteiger partial charge in [0.2, 0.25) is 0 Å². The summed E-state index contributed by atoms with van der Waals surface area (Å²) in [5.41, 5.74) is 1.15. The van der Waals surface area contributed by atoms with Crippen LogP contribution in [0.4, 0.5) is 0 Å². The molecule has 0 saturated carbocycles. The summed E-state index contributed by atoms with van der Waals surface area (Å²) in [6.45, 7) is 8.90. The molecule has 102 valence electrons. The molecule has 1 N–H and O–H groups in total. The second-order valence-electron chi connectivity index (χ2n) is 5.08. The molecule has 2 atom stereocenters. The van der Waals surface area contributed by atoms with Crippen LogP contribution in [0.5, 0.6) is 0 Å². The van der Waals surface area contributed by atoms with Crippen molar-refractivity contribution in [3.63, 3.8) is 0 Å². The van der Waals surface area contributed by atoms with Crippen molar-refractivity contribution in [2.24, 2.45) is 11.8 Å². The van der Waals surface area contributed by atoms with Crippen LogP contribution < -0.4 is 5.32 Å². The summed E-state index contributed by atoms with van der Waals surface area (Å²) in [5, 5.41) is 4.83. The molecule has 0 saturated heterocycles. The Morgan fingerprint density at radius 1 is 1.17 bits per heavy atom. The van der Waals surface area contributed by atoms with Gasteiger partial charge in [-0.1, -0.05) is 56.1 Å². The summed E-state index contributed by atoms with van der Waals surface area (Å²) >= 11 is 12.3. The van der Waals surface area contributed by atoms with E-state index in [-0.39, 0.29) is 0 Å². The molecule has 2 unspecified atom stereocenters. The predicted molar refractivity (Wildman–Crippen MR) is 81.7 cm³/mol. The molecule has 0 aliphatic carbocycles. The quantitative estimate of drug-likeness (QED) is 0.710. The molecule has 0 radical (unpaired) electrons. The molecular formula is C15H23Cl2N. The van der Waals surface area contributed by atoms with Gasteiger partial charge in [0.25, 0.3) is 0 Å². The van der Waals surface area contributed by atoms with E-state index in [9.17, 15) is 0 Å². The fourth-order valence-electron chi connectivity index (χ4n) is 1.96. The molecule has 1 rings (SSSR count). The first-order chi connectivity index (χ1) is 8.56. The minimum absolute atomic E-state index is 0.588. The van der Waals surface area contributed by atoms with Crippen LogP contribution in [-0.2, 0) is 6.42 Å². The van der Waals surface area contributed by atoms with Crippen LogP contribution in [0.3, 0.4) is 0 Å². The van der Waals surface area contributed by atoms with E-state index >= 15 is 0 Å². The number of halogens is 2. The first-order valence-electron chi connectivity index (χ1n) is 6.69. The summed E-state index contributed by atoms with van der Waals surface area (Å²) in [4.78, 5) is 0. The SMILES string of the molecule is CCCNCC(C)C(C)Cc1cccc(Cl)c1Cl. The number of hydrogen-bond donors (Lipinski definition) is 1.